The minimum atomic E-state index is -0.542. The van der Waals surface area contributed by atoms with Crippen LogP contribution in [0.5, 0.6) is 0 Å². The van der Waals surface area contributed by atoms with Crippen molar-refractivity contribution in [1.82, 2.24) is 0 Å². The van der Waals surface area contributed by atoms with Crippen LogP contribution in [0.3, 0.4) is 0 Å². The van der Waals surface area contributed by atoms with Gasteiger partial charge in [0.05, 0.1) is 37.7 Å². The highest BCUT2D eigenvalue weighted by Gasteiger charge is 2.09. The highest BCUT2D eigenvalue weighted by Crippen LogP contribution is 1.97. The van der Waals surface area contributed by atoms with Gasteiger partial charge in [-0.3, -0.25) is 20.4 Å². The van der Waals surface area contributed by atoms with Gasteiger partial charge in [0.1, 0.15) is 0 Å². The molecule has 0 aromatic heterocycles. The molecule has 0 amide bonds. The van der Waals surface area contributed by atoms with E-state index in [0.717, 1.165) is 0 Å². The predicted molar refractivity (Wildman–Crippen MR) is 64.2 cm³/mol. The molecular formula is C10H18N4O4. The van der Waals surface area contributed by atoms with E-state index in [2.05, 4.69) is 0 Å². The van der Waals surface area contributed by atoms with E-state index in [4.69, 9.17) is 31.8 Å². The maximum absolute atomic E-state index is 11.1. The summed E-state index contributed by atoms with van der Waals surface area (Å²) in [5.74, 6) is -1.21. The van der Waals surface area contributed by atoms with Crippen LogP contribution in [-0.2, 0) is 19.1 Å². The minimum absolute atomic E-state index is 0.0353. The monoisotopic (exact) mass is 258 g/mol. The van der Waals surface area contributed by atoms with Crippen molar-refractivity contribution in [1.29, 1.82) is 10.8 Å². The summed E-state index contributed by atoms with van der Waals surface area (Å²) >= 11 is 0. The Morgan fingerprint density at radius 2 is 1.11 bits per heavy atom. The molecule has 0 aliphatic heterocycles. The Labute approximate surface area is 105 Å². The van der Waals surface area contributed by atoms with Crippen LogP contribution in [0.4, 0.5) is 0 Å². The van der Waals surface area contributed by atoms with Crippen molar-refractivity contribution in [2.24, 2.45) is 11.5 Å². The van der Waals surface area contributed by atoms with E-state index in [1.807, 2.05) is 0 Å². The average molecular weight is 258 g/mol. The van der Waals surface area contributed by atoms with Gasteiger partial charge in [-0.05, 0) is 0 Å². The molecule has 0 saturated carbocycles. The van der Waals surface area contributed by atoms with Crippen molar-refractivity contribution in [2.75, 3.05) is 13.2 Å². The number of ether oxygens (including phenoxy) is 2. The van der Waals surface area contributed by atoms with Gasteiger partial charge in [0, 0.05) is 12.8 Å². The molecule has 0 aromatic rings. The Morgan fingerprint density at radius 3 is 1.39 bits per heavy atom. The molecule has 0 aromatic carbocycles. The third-order valence-electron chi connectivity index (χ3n) is 1.80. The van der Waals surface area contributed by atoms with E-state index >= 15 is 0 Å². The third kappa shape index (κ3) is 10.4. The summed E-state index contributed by atoms with van der Waals surface area (Å²) in [7, 11) is 0. The number of nitrogens with two attached hydrogens (primary N) is 2. The number of amidine groups is 2. The topological polar surface area (TPSA) is 152 Å². The summed E-state index contributed by atoms with van der Waals surface area (Å²) in [6.45, 7) is 0.0705. The van der Waals surface area contributed by atoms with E-state index in [1.165, 1.54) is 0 Å². The van der Waals surface area contributed by atoms with Crippen molar-refractivity contribution in [3.8, 4) is 0 Å². The lowest BCUT2D eigenvalue weighted by Gasteiger charge is -2.05. The molecule has 0 radical (unpaired) electrons. The molecule has 0 aliphatic rings. The summed E-state index contributed by atoms with van der Waals surface area (Å²) in [6, 6.07) is 0. The van der Waals surface area contributed by atoms with Crippen LogP contribution in [0.1, 0.15) is 25.7 Å². The van der Waals surface area contributed by atoms with Gasteiger partial charge in [0.2, 0.25) is 0 Å². The largest absolute Gasteiger partial charge is 0.465 e. The number of rotatable bonds is 9. The number of hydrogen-bond donors (Lipinski definition) is 4. The maximum atomic E-state index is 11.1. The van der Waals surface area contributed by atoms with Gasteiger partial charge >= 0.3 is 11.9 Å². The molecular weight excluding hydrogens is 240 g/mol. The Morgan fingerprint density at radius 1 is 0.778 bits per heavy atom. The van der Waals surface area contributed by atoms with Gasteiger partial charge in [-0.1, -0.05) is 0 Å². The summed E-state index contributed by atoms with van der Waals surface area (Å²) in [5, 5.41) is 13.8. The first-order valence-corrected chi connectivity index (χ1v) is 5.39. The molecule has 0 rings (SSSR count). The normalized spacial score (nSPS) is 9.56. The lowest BCUT2D eigenvalue weighted by Crippen LogP contribution is -2.17. The number of carbonyl (C=O) groups is 2. The van der Waals surface area contributed by atoms with Gasteiger partial charge in [-0.2, -0.15) is 0 Å². The lowest BCUT2D eigenvalue weighted by atomic mass is 10.3. The number of nitrogens with one attached hydrogen (secondary N) is 2. The Bertz CT molecular complexity index is 298. The zero-order valence-electron chi connectivity index (χ0n) is 10.0. The van der Waals surface area contributed by atoms with Crippen molar-refractivity contribution >= 4 is 23.6 Å². The molecule has 0 spiro atoms. The second-order valence-electron chi connectivity index (χ2n) is 3.49. The minimum Gasteiger partial charge on any atom is -0.465 e. The van der Waals surface area contributed by atoms with Gasteiger partial charge in [0.25, 0.3) is 0 Å². The fourth-order valence-corrected chi connectivity index (χ4v) is 0.898. The summed E-state index contributed by atoms with van der Waals surface area (Å²) in [4.78, 5) is 22.2. The van der Waals surface area contributed by atoms with E-state index in [0.29, 0.717) is 0 Å². The van der Waals surface area contributed by atoms with Crippen LogP contribution in [0, 0.1) is 10.8 Å². The fraction of sp³-hybridized carbons (Fsp3) is 0.600. The van der Waals surface area contributed by atoms with Gasteiger partial charge in [0.15, 0.2) is 0 Å². The highest BCUT2D eigenvalue weighted by molar-refractivity contribution is 5.79. The Balaban J connectivity index is 3.56. The molecule has 0 heterocycles. The SMILES string of the molecule is N=C(N)CCOC(=O)CCC(=O)OCCC(=N)N. The molecule has 0 aliphatic carbocycles. The molecule has 8 nitrogen and oxygen atoms in total. The van der Waals surface area contributed by atoms with Crippen LogP contribution in [0.15, 0.2) is 0 Å². The number of hydrogen-bond acceptors (Lipinski definition) is 6. The van der Waals surface area contributed by atoms with Gasteiger partial charge in [-0.25, -0.2) is 0 Å². The van der Waals surface area contributed by atoms with Crippen LogP contribution < -0.4 is 11.5 Å². The van der Waals surface area contributed by atoms with Crippen molar-refractivity contribution in [3.05, 3.63) is 0 Å². The quantitative estimate of drug-likeness (QED) is 0.248. The molecule has 0 atom stereocenters. The Hall–Kier alpha value is -2.12. The first-order valence-electron chi connectivity index (χ1n) is 5.39. The zero-order chi connectivity index (χ0) is 14.0. The van der Waals surface area contributed by atoms with Crippen molar-refractivity contribution < 1.29 is 19.1 Å². The van der Waals surface area contributed by atoms with E-state index in [1.54, 1.807) is 0 Å². The summed E-state index contributed by atoms with van der Waals surface area (Å²) < 4.78 is 9.45. The molecule has 102 valence electrons. The van der Waals surface area contributed by atoms with Crippen LogP contribution in [0.2, 0.25) is 0 Å². The van der Waals surface area contributed by atoms with E-state index < -0.39 is 11.9 Å². The summed E-state index contributed by atoms with van der Waals surface area (Å²) in [5.41, 5.74) is 10.1. The van der Waals surface area contributed by atoms with Crippen LogP contribution in [-0.4, -0.2) is 36.8 Å². The molecule has 18 heavy (non-hydrogen) atoms. The third-order valence-corrected chi connectivity index (χ3v) is 1.80. The van der Waals surface area contributed by atoms with Gasteiger partial charge in [-0.15, -0.1) is 0 Å². The van der Waals surface area contributed by atoms with E-state index in [9.17, 15) is 9.59 Å². The number of carbonyl (C=O) groups excluding carboxylic acids is 2. The second kappa shape index (κ2) is 8.97. The zero-order valence-corrected chi connectivity index (χ0v) is 10.0. The van der Waals surface area contributed by atoms with E-state index in [-0.39, 0.29) is 50.6 Å². The van der Waals surface area contributed by atoms with Crippen molar-refractivity contribution in [3.63, 3.8) is 0 Å². The molecule has 6 N–H and O–H groups in total. The predicted octanol–water partition coefficient (Wildman–Crippen LogP) is -0.495. The molecule has 0 bridgehead atoms. The standard InChI is InChI=1S/C10H18N4O4/c11-7(12)3-5-17-9(15)1-2-10(16)18-6-4-8(13)14/h1-6H2,(H3,11,12)(H3,13,14). The van der Waals surface area contributed by atoms with Crippen LogP contribution >= 0.6 is 0 Å². The molecule has 0 fully saturated rings. The smallest absolute Gasteiger partial charge is 0.306 e. The average Bonchev–Trinajstić information content (AvgIpc) is 2.25. The second-order valence-corrected chi connectivity index (χ2v) is 3.49. The first-order chi connectivity index (χ1) is 8.41. The molecule has 0 saturated heterocycles. The molecule has 0 unspecified atom stereocenters. The van der Waals surface area contributed by atoms with Crippen LogP contribution in [0.25, 0.3) is 0 Å². The van der Waals surface area contributed by atoms with Gasteiger partial charge < -0.3 is 20.9 Å². The highest BCUT2D eigenvalue weighted by atomic mass is 16.5. The fourth-order valence-electron chi connectivity index (χ4n) is 0.898. The van der Waals surface area contributed by atoms with Crippen molar-refractivity contribution in [2.45, 2.75) is 25.7 Å². The first kappa shape index (κ1) is 15.9. The molecule has 8 heteroatoms. The maximum Gasteiger partial charge on any atom is 0.306 e. The number of esters is 2. The Kier molecular flexibility index (Phi) is 7.91. The lowest BCUT2D eigenvalue weighted by molar-refractivity contribution is -0.150. The summed E-state index contributed by atoms with van der Waals surface area (Å²) in [6.07, 6.45) is 0.178.